The number of aromatic nitrogens is 5. The molecule has 0 fully saturated rings. The van der Waals surface area contributed by atoms with Gasteiger partial charge in [0.2, 0.25) is 0 Å². The molecule has 8 heteroatoms. The summed E-state index contributed by atoms with van der Waals surface area (Å²) in [5, 5.41) is 9.29. The van der Waals surface area contributed by atoms with Gasteiger partial charge in [-0.25, -0.2) is 9.97 Å². The van der Waals surface area contributed by atoms with E-state index in [-0.39, 0.29) is 0 Å². The number of nitrogens with one attached hydrogen (secondary N) is 1. The highest BCUT2D eigenvalue weighted by Crippen LogP contribution is 2.14. The van der Waals surface area contributed by atoms with Crippen LogP contribution in [0.5, 0.6) is 0 Å². The highest BCUT2D eigenvalue weighted by Gasteiger charge is 2.19. The van der Waals surface area contributed by atoms with Gasteiger partial charge >= 0.3 is 0 Å². The van der Waals surface area contributed by atoms with Crippen LogP contribution >= 0.6 is 15.9 Å². The highest BCUT2D eigenvalue weighted by molar-refractivity contribution is 9.10. The molecule has 0 bridgehead atoms. The van der Waals surface area contributed by atoms with Crippen LogP contribution in [0.1, 0.15) is 11.5 Å². The van der Waals surface area contributed by atoms with Crippen LogP contribution in [-0.4, -0.2) is 36.9 Å². The van der Waals surface area contributed by atoms with Crippen molar-refractivity contribution in [2.75, 3.05) is 0 Å². The lowest BCUT2D eigenvalue weighted by atomic mass is 10.4. The lowest BCUT2D eigenvalue weighted by molar-refractivity contribution is -0.106. The third kappa shape index (κ3) is 1.91. The number of nitrogens with zero attached hydrogens (tertiary/aromatic N) is 5. The van der Waals surface area contributed by atoms with Crippen LogP contribution in [0.2, 0.25) is 0 Å². The smallest absolute Gasteiger partial charge is 0.297 e. The van der Waals surface area contributed by atoms with Crippen LogP contribution < -0.4 is 5.41 Å². The summed E-state index contributed by atoms with van der Waals surface area (Å²) in [5.41, 5.74) is 0.629. The summed E-state index contributed by atoms with van der Waals surface area (Å²) in [6, 6.07) is 0. The van der Waals surface area contributed by atoms with E-state index in [4.69, 9.17) is 5.41 Å². The second-order valence-corrected chi connectivity index (χ2v) is 3.72. The molecule has 2 heterocycles. The molecule has 2 aromatic rings. The maximum Gasteiger partial charge on any atom is 0.297 e. The second kappa shape index (κ2) is 4.35. The third-order valence-corrected chi connectivity index (χ3v) is 2.40. The summed E-state index contributed by atoms with van der Waals surface area (Å²) in [6.07, 6.45) is 4.13. The van der Waals surface area contributed by atoms with Gasteiger partial charge in [0.1, 0.15) is 23.1 Å². The molecule has 16 heavy (non-hydrogen) atoms. The van der Waals surface area contributed by atoms with Crippen molar-refractivity contribution in [2.24, 2.45) is 4.99 Å². The van der Waals surface area contributed by atoms with E-state index in [1.807, 2.05) is 6.92 Å². The first kappa shape index (κ1) is 10.7. The Labute approximate surface area is 99.3 Å². The number of aryl methyl sites for hydroxylation is 1. The van der Waals surface area contributed by atoms with Gasteiger partial charge in [0.05, 0.1) is 0 Å². The molecule has 0 saturated carbocycles. The molecule has 2 rings (SSSR count). The Hall–Kier alpha value is -1.83. The zero-order valence-electron chi connectivity index (χ0n) is 8.42. The quantitative estimate of drug-likeness (QED) is 0.555. The van der Waals surface area contributed by atoms with Crippen LogP contribution in [0.15, 0.2) is 22.3 Å². The predicted molar refractivity (Wildman–Crippen MR) is 61.0 cm³/mol. The summed E-state index contributed by atoms with van der Waals surface area (Å²) >= 11 is 3.36. The fourth-order valence-corrected chi connectivity index (χ4v) is 1.78. The number of halogens is 1. The lowest BCUT2D eigenvalue weighted by Crippen LogP contribution is -2.30. The molecule has 0 atom stereocenters. The number of hydrogen-bond acceptors (Lipinski definition) is 3. The lowest BCUT2D eigenvalue weighted by Gasteiger charge is -1.95. The van der Waals surface area contributed by atoms with Crippen molar-refractivity contribution in [3.63, 3.8) is 0 Å². The molecular formula is C8H9BrN7+. The molecule has 0 spiro atoms. The molecular weight excluding hydrogens is 274 g/mol. The van der Waals surface area contributed by atoms with Crippen LogP contribution in [-0.2, 0) is 0 Å². The van der Waals surface area contributed by atoms with Gasteiger partial charge in [-0.15, -0.1) is 0 Å². The molecule has 0 radical (unpaired) electrons. The van der Waals surface area contributed by atoms with Gasteiger partial charge in [-0.3, -0.25) is 5.41 Å². The predicted octanol–water partition coefficient (Wildman–Crippen LogP) is -0.846. The molecule has 0 aliphatic carbocycles. The van der Waals surface area contributed by atoms with Crippen LogP contribution in [0, 0.1) is 6.92 Å². The summed E-state index contributed by atoms with van der Waals surface area (Å²) in [4.78, 5) is 15.2. The van der Waals surface area contributed by atoms with E-state index in [0.717, 1.165) is 10.4 Å². The molecule has 3 N–H and O–H groups in total. The van der Waals surface area contributed by atoms with Crippen LogP contribution in [0.25, 0.3) is 0 Å². The van der Waals surface area contributed by atoms with Crippen LogP contribution in [0.4, 0.5) is 0 Å². The number of aromatic amines is 1. The standard InChI is InChI=1S/C8H8BrN7/c1-5-14-6(7(9)15-5)8(12-2-10)16-4-11-3-13-16/h2-4,10H,1H3,(H,14,15)/p+1. The minimum absolute atomic E-state index is 0.497. The molecule has 82 valence electrons. The van der Waals surface area contributed by atoms with Crippen molar-refractivity contribution < 1.29 is 5.41 Å². The summed E-state index contributed by atoms with van der Waals surface area (Å²) < 4.78 is 2.21. The van der Waals surface area contributed by atoms with E-state index in [9.17, 15) is 0 Å². The van der Waals surface area contributed by atoms with Gasteiger partial charge in [-0.2, -0.15) is 9.78 Å². The van der Waals surface area contributed by atoms with Crippen LogP contribution in [0.3, 0.4) is 0 Å². The highest BCUT2D eigenvalue weighted by atomic mass is 79.9. The molecule has 0 aliphatic rings. The number of aliphatic imine (C=N–C) groups is 1. The zero-order chi connectivity index (χ0) is 11.5. The summed E-state index contributed by atoms with van der Waals surface area (Å²) in [5.74, 6) is 1.27. The number of nitrogens with two attached hydrogens (primary N) is 1. The van der Waals surface area contributed by atoms with Gasteiger partial charge in [0.15, 0.2) is 5.69 Å². The molecule has 0 aromatic carbocycles. The van der Waals surface area contributed by atoms with E-state index in [2.05, 4.69) is 41.0 Å². The maximum absolute atomic E-state index is 5.30. The number of rotatable bonds is 2. The molecule has 0 saturated heterocycles. The minimum Gasteiger partial charge on any atom is -0.336 e. The van der Waals surface area contributed by atoms with Gasteiger partial charge in [0, 0.05) is 0 Å². The second-order valence-electron chi connectivity index (χ2n) is 2.93. The SMILES string of the molecule is Cc1nc(C(=NC=[NH2+])n2cncn2)c(Br)[nH]1. The Morgan fingerprint density at radius 2 is 2.50 bits per heavy atom. The van der Waals surface area contributed by atoms with E-state index >= 15 is 0 Å². The largest absolute Gasteiger partial charge is 0.336 e. The van der Waals surface area contributed by atoms with Crippen molar-refractivity contribution in [1.29, 1.82) is 0 Å². The van der Waals surface area contributed by atoms with E-state index in [1.54, 1.807) is 0 Å². The monoisotopic (exact) mass is 282 g/mol. The van der Waals surface area contributed by atoms with Crippen molar-refractivity contribution in [3.05, 3.63) is 28.8 Å². The first-order chi connectivity index (χ1) is 7.72. The van der Waals surface area contributed by atoms with E-state index in [0.29, 0.717) is 11.5 Å². The van der Waals surface area contributed by atoms with Gasteiger partial charge in [0.25, 0.3) is 12.2 Å². The number of H-pyrrole nitrogens is 1. The zero-order valence-corrected chi connectivity index (χ0v) is 10.0. The Kier molecular flexibility index (Phi) is 2.91. The average Bonchev–Trinajstić information content (AvgIpc) is 2.85. The Morgan fingerprint density at radius 3 is 3.00 bits per heavy atom. The maximum atomic E-state index is 5.30. The fraction of sp³-hybridized carbons (Fsp3) is 0.125. The Balaban J connectivity index is 2.53. The third-order valence-electron chi connectivity index (χ3n) is 1.82. The van der Waals surface area contributed by atoms with Gasteiger partial charge in [-0.1, -0.05) is 0 Å². The Bertz CT molecular complexity index is 525. The normalized spacial score (nSPS) is 11.8. The van der Waals surface area contributed by atoms with E-state index in [1.165, 1.54) is 23.7 Å². The number of hydrogen-bond donors (Lipinski definition) is 2. The first-order valence-corrected chi connectivity index (χ1v) is 5.20. The Morgan fingerprint density at radius 1 is 1.69 bits per heavy atom. The molecule has 0 amide bonds. The first-order valence-electron chi connectivity index (χ1n) is 4.41. The number of imidazole rings is 1. The summed E-state index contributed by atoms with van der Waals surface area (Å²) in [7, 11) is 0. The van der Waals surface area contributed by atoms with Gasteiger partial charge < -0.3 is 4.98 Å². The van der Waals surface area contributed by atoms with Gasteiger partial charge in [-0.05, 0) is 27.8 Å². The minimum atomic E-state index is 0.497. The molecule has 7 nitrogen and oxygen atoms in total. The van der Waals surface area contributed by atoms with E-state index < -0.39 is 0 Å². The topological polar surface area (TPSA) is 97.3 Å². The average molecular weight is 283 g/mol. The summed E-state index contributed by atoms with van der Waals surface area (Å²) in [6.45, 7) is 1.85. The van der Waals surface area contributed by atoms with Crippen molar-refractivity contribution in [1.82, 2.24) is 24.7 Å². The van der Waals surface area contributed by atoms with Crippen molar-refractivity contribution in [3.8, 4) is 0 Å². The van der Waals surface area contributed by atoms with Crippen molar-refractivity contribution in [2.45, 2.75) is 6.92 Å². The van der Waals surface area contributed by atoms with Crippen molar-refractivity contribution >= 4 is 28.1 Å². The molecule has 0 unspecified atom stereocenters. The fourth-order valence-electron chi connectivity index (χ4n) is 1.23. The molecule has 2 aromatic heterocycles. The molecule has 0 aliphatic heterocycles.